The molecule has 12 aromatic rings. The number of ketones is 4. The van der Waals surface area contributed by atoms with E-state index in [1.807, 2.05) is 0 Å². The molecule has 12 aromatic heterocycles. The minimum absolute atomic E-state index is 0.0109. The number of aryl methyl sites for hydroxylation is 4. The minimum atomic E-state index is -4.20. The maximum atomic E-state index is 13.9. The molecule has 1 N–H and O–H groups in total. The van der Waals surface area contributed by atoms with Gasteiger partial charge >= 0.3 is 36.0 Å². The molecule has 12 fully saturated rings. The second-order valence-corrected chi connectivity index (χ2v) is 40.9. The van der Waals surface area contributed by atoms with Crippen LogP contribution in [-0.2, 0) is 102 Å². The Bertz CT molecular complexity index is 7060. The Morgan fingerprint density at radius 1 is 0.414 bits per heavy atom. The summed E-state index contributed by atoms with van der Waals surface area (Å²) in [6, 6.07) is 27.0. The number of halogens is 8. The van der Waals surface area contributed by atoms with Crippen LogP contribution in [0.5, 0.6) is 0 Å². The van der Waals surface area contributed by atoms with E-state index in [0.717, 1.165) is 50.8 Å². The van der Waals surface area contributed by atoms with E-state index in [0.29, 0.717) is 146 Å². The second kappa shape index (κ2) is 40.1. The van der Waals surface area contributed by atoms with Gasteiger partial charge in [-0.25, -0.2) is 24.3 Å². The molecule has 0 aliphatic heterocycles. The first-order valence-electron chi connectivity index (χ1n) is 46.5. The van der Waals surface area contributed by atoms with Crippen molar-refractivity contribution in [3.63, 3.8) is 0 Å². The number of methoxy groups -OCH3 is 1. The molecule has 0 aromatic carbocycles. The zero-order valence-corrected chi connectivity index (χ0v) is 82.3. The van der Waals surface area contributed by atoms with Crippen LogP contribution in [0.4, 0.5) is 22.0 Å². The van der Waals surface area contributed by atoms with Crippen molar-refractivity contribution < 1.29 is 93.9 Å². The third kappa shape index (κ3) is 20.8. The number of pyridine rings is 8. The van der Waals surface area contributed by atoms with Crippen LogP contribution in [0.15, 0.2) is 141 Å². The third-order valence-electron chi connectivity index (χ3n) is 29.1. The van der Waals surface area contributed by atoms with Crippen LogP contribution in [0.25, 0.3) is 45.6 Å². The molecule has 4 atom stereocenters. The number of ether oxygens (including phenoxy) is 5. The predicted molar refractivity (Wildman–Crippen MR) is 503 cm³/mol. The smallest absolute Gasteiger partial charge is 0.394 e. The fourth-order valence-electron chi connectivity index (χ4n) is 22.2. The average molecular weight is 2050 g/mol. The minimum Gasteiger partial charge on any atom is -0.469 e. The summed E-state index contributed by atoms with van der Waals surface area (Å²) in [6.07, 6.45) is 12.5. The van der Waals surface area contributed by atoms with Crippen molar-refractivity contribution >= 4 is 87.8 Å². The number of hydrogen-bond acceptors (Lipinski definition) is 32. The van der Waals surface area contributed by atoms with E-state index < -0.39 is 77.1 Å². The van der Waals surface area contributed by atoms with Crippen molar-refractivity contribution in [2.24, 2.45) is 71.5 Å². The highest BCUT2D eigenvalue weighted by Crippen LogP contribution is 2.80. The van der Waals surface area contributed by atoms with Crippen LogP contribution in [-0.4, -0.2) is 178 Å². The standard InChI is InChI=1S/C26H26ClN5O5.C25H23ClF3N5O3.C25H26ClN5O4.C25H22F2N6O3/c1-15(17-5-4-8-28-23(17)27)37-21(34)9-19-22(30-31-32(19)2)18-7-6-16(11-29-18)20(33)10-25-12-26(13-25,14-25)24(35)36-3;1-14(16-4-3-7-30-22(16)26)37-20(36)8-18-21(32-33-34(18)2)17-6-5-15(10-31-17)19(35)9-23-11-24(12-23,13-23)25(27,28)29;1-15(17-4-3-7-27-23(17)26)35-21(34)8-19-22(29-30-31(19)2)18-6-5-16(10-28-18)20(33)9-24-11-25(12-24,13-24)14-32;1-14(17-5-16(26)9-30-23(17)27)36-21(35)6-19-22(31-32-33(19)2)18-4-3-15(8-29-18)20(34)7-24-10-25(11-24,12-24)13-28/h4-8,11,15H,9-10,12-14H2,1-3H3;3-7,10,14H,8-9,11-13H2,1-2H3;3-7,10,15,32H,8-9,11-14H2,1-2H3;3-5,8-9,14H,6-7,10-12H2,1-2H3/t15-,25?,26?;14-,23?,24?;15-,24?,25?;14-,24?,25?/m1111/s1. The monoisotopic (exact) mass is 2040 g/mol. The molecule has 0 saturated heterocycles. The van der Waals surface area contributed by atoms with Crippen LogP contribution in [0.2, 0.25) is 15.5 Å². The number of esters is 5. The summed E-state index contributed by atoms with van der Waals surface area (Å²) in [4.78, 5) is 146. The molecule has 12 saturated carbocycles. The SMILES string of the molecule is COC(=O)C12CC(CC(=O)c3ccc(-c4nnn(C)c4CC(=O)O[C@H](C)c4cccnc4Cl)nc3)(C1)C2.C[C@@H](OC(=O)Cc1c(-c2ccc(C(=O)CC34CC(C#N)(C3)C4)cn2)nnn1C)c1cc(F)cnc1F.C[C@@H](OC(=O)Cc1c(-c2ccc(C(=O)CC34CC(C(F)(F)F)(C3)C4)cn2)nnn1C)c1cccnc1Cl.C[C@@H](OC(=O)Cc1c(-c2ccc(C(=O)CC34CC(CO)(C3)C4)cn2)nnn1C)c1cccnc1Cl. The van der Waals surface area contributed by atoms with Gasteiger partial charge in [0.1, 0.15) is 68.5 Å². The number of nitrogens with zero attached hydrogens (tertiary/aromatic N) is 21. The lowest BCUT2D eigenvalue weighted by Gasteiger charge is -2.70. The highest BCUT2D eigenvalue weighted by atomic mass is 35.5. The lowest BCUT2D eigenvalue weighted by atomic mass is 9.33. The molecule has 0 amide bonds. The number of aliphatic hydroxyl groups is 1. The molecule has 12 aliphatic rings. The zero-order valence-electron chi connectivity index (χ0n) is 80.0. The number of carbonyl (C=O) groups is 9. The molecule has 752 valence electrons. The maximum absolute atomic E-state index is 13.9. The van der Waals surface area contributed by atoms with E-state index in [1.165, 1.54) is 51.4 Å². The first kappa shape index (κ1) is 102. The fourth-order valence-corrected chi connectivity index (χ4v) is 23.1. The number of nitriles is 1. The topological polar surface area (TPSA) is 470 Å². The van der Waals surface area contributed by atoms with Gasteiger partial charge in [0.05, 0.1) is 112 Å². The highest BCUT2D eigenvalue weighted by Gasteiger charge is 2.78. The molecule has 0 spiro atoms. The molecule has 44 heteroatoms. The Morgan fingerprint density at radius 2 is 0.710 bits per heavy atom. The van der Waals surface area contributed by atoms with E-state index in [2.05, 4.69) is 87.2 Å². The fraction of sp³-hybridized carbons (Fsp3) is 0.426. The number of aromatic nitrogens is 20. The number of aliphatic hydroxyl groups excluding tert-OH is 1. The average Bonchev–Trinajstić information content (AvgIpc) is 1.17. The quantitative estimate of drug-likeness (QED) is 0.0129. The van der Waals surface area contributed by atoms with Crippen molar-refractivity contribution in [3.05, 3.63) is 235 Å². The molecular formula is C101H97Cl3F5N21O15. The first-order chi connectivity index (χ1) is 68.9. The number of alkyl halides is 3. The van der Waals surface area contributed by atoms with E-state index in [-0.39, 0.29) is 141 Å². The summed E-state index contributed by atoms with van der Waals surface area (Å²) in [7, 11) is 8.02. The van der Waals surface area contributed by atoms with Crippen molar-refractivity contribution in [1.82, 2.24) is 99.8 Å². The van der Waals surface area contributed by atoms with Crippen LogP contribution in [0.3, 0.4) is 0 Å². The van der Waals surface area contributed by atoms with E-state index in [4.69, 9.17) is 63.7 Å². The molecule has 24 rings (SSSR count). The zero-order chi connectivity index (χ0) is 103. The Balaban J connectivity index is 0.000000132. The summed E-state index contributed by atoms with van der Waals surface area (Å²) in [5.41, 5.74) is 6.17. The van der Waals surface area contributed by atoms with Gasteiger partial charge in [-0.05, 0) is 205 Å². The Morgan fingerprint density at radius 3 is 0.986 bits per heavy atom. The normalized spacial score (nSPS) is 22.8. The predicted octanol–water partition coefficient (Wildman–Crippen LogP) is 15.9. The first-order valence-corrected chi connectivity index (χ1v) is 47.7. The van der Waals surface area contributed by atoms with Crippen LogP contribution < -0.4 is 0 Å². The van der Waals surface area contributed by atoms with Gasteiger partial charge in [-0.15, -0.1) is 20.4 Å². The lowest BCUT2D eigenvalue weighted by Crippen LogP contribution is -2.68. The van der Waals surface area contributed by atoms with Gasteiger partial charge in [-0.2, -0.15) is 22.8 Å². The van der Waals surface area contributed by atoms with Crippen LogP contribution >= 0.6 is 34.8 Å². The molecular weight excluding hydrogens is 1950 g/mol. The summed E-state index contributed by atoms with van der Waals surface area (Å²) in [6.45, 7) is 6.78. The van der Waals surface area contributed by atoms with Gasteiger partial charge in [0.25, 0.3) is 0 Å². The van der Waals surface area contributed by atoms with Crippen LogP contribution in [0.1, 0.15) is 241 Å². The largest absolute Gasteiger partial charge is 0.469 e. The van der Waals surface area contributed by atoms with Gasteiger partial charge in [-0.3, -0.25) is 81.8 Å². The summed E-state index contributed by atoms with van der Waals surface area (Å²) in [5, 5.41) is 52.0. The summed E-state index contributed by atoms with van der Waals surface area (Å²) >= 11 is 18.3. The van der Waals surface area contributed by atoms with Gasteiger partial charge in [0, 0.05) is 143 Å². The van der Waals surface area contributed by atoms with E-state index in [9.17, 15) is 70.2 Å². The number of hydrogen-bond donors (Lipinski definition) is 1. The van der Waals surface area contributed by atoms with Gasteiger partial charge in [0.15, 0.2) is 23.1 Å². The molecule has 8 bridgehead atoms. The van der Waals surface area contributed by atoms with Gasteiger partial charge in [0.2, 0.25) is 5.95 Å². The highest BCUT2D eigenvalue weighted by molar-refractivity contribution is 6.30. The van der Waals surface area contributed by atoms with Crippen molar-refractivity contribution in [2.45, 2.75) is 187 Å². The van der Waals surface area contributed by atoms with E-state index >= 15 is 0 Å². The Hall–Kier alpha value is -14.2. The lowest BCUT2D eigenvalue weighted by molar-refractivity contribution is -0.361. The Kier molecular flexibility index (Phi) is 28.2. The number of rotatable bonds is 34. The molecule has 0 radical (unpaired) electrons. The van der Waals surface area contributed by atoms with Gasteiger partial charge < -0.3 is 28.8 Å². The maximum Gasteiger partial charge on any atom is 0.394 e. The van der Waals surface area contributed by atoms with Crippen molar-refractivity contribution in [1.29, 1.82) is 5.26 Å². The molecule has 12 heterocycles. The Labute approximate surface area is 840 Å². The third-order valence-corrected chi connectivity index (χ3v) is 30.1. The van der Waals surface area contributed by atoms with Crippen molar-refractivity contribution in [2.75, 3.05) is 13.7 Å². The second-order valence-electron chi connectivity index (χ2n) is 39.8. The number of Topliss-reactive ketones (excluding diaryl/α,β-unsaturated/α-hetero) is 4. The summed E-state index contributed by atoms with van der Waals surface area (Å²) in [5.74, 6) is -4.20. The van der Waals surface area contributed by atoms with Crippen LogP contribution in [0, 0.1) is 66.4 Å². The molecule has 36 nitrogen and oxygen atoms in total. The van der Waals surface area contributed by atoms with E-state index in [1.54, 1.807) is 159 Å². The summed E-state index contributed by atoms with van der Waals surface area (Å²) < 4.78 is 99.2. The molecule has 0 unspecified atom stereocenters. The molecule has 145 heavy (non-hydrogen) atoms. The molecule has 12 aliphatic carbocycles. The number of carbonyl (C=O) groups excluding carboxylic acids is 9. The van der Waals surface area contributed by atoms with Crippen molar-refractivity contribution in [3.8, 4) is 51.6 Å². The van der Waals surface area contributed by atoms with Gasteiger partial charge in [-0.1, -0.05) is 73.9 Å².